The molecule has 12 nitrogen and oxygen atoms in total. The predicted octanol–water partition coefficient (Wildman–Crippen LogP) is 1.63. The minimum atomic E-state index is -3.74. The van der Waals surface area contributed by atoms with Gasteiger partial charge < -0.3 is 24.8 Å². The second-order valence-corrected chi connectivity index (χ2v) is 13.3. The van der Waals surface area contributed by atoms with Crippen LogP contribution in [0.5, 0.6) is 11.5 Å². The fourth-order valence-electron chi connectivity index (χ4n) is 5.64. The fraction of sp³-hybridized carbons (Fsp3) is 0.690. The first-order valence-electron chi connectivity index (χ1n) is 14.9. The third-order valence-corrected chi connectivity index (χ3v) is 10.1. The van der Waals surface area contributed by atoms with E-state index in [9.17, 15) is 22.8 Å². The van der Waals surface area contributed by atoms with Gasteiger partial charge >= 0.3 is 5.97 Å². The molecule has 0 aromatic heterocycles. The molecule has 1 unspecified atom stereocenters. The summed E-state index contributed by atoms with van der Waals surface area (Å²) in [6.45, 7) is 2.99. The number of esters is 1. The van der Waals surface area contributed by atoms with Gasteiger partial charge in [-0.1, -0.05) is 18.9 Å². The molecule has 0 spiro atoms. The number of nitrogens with one attached hydrogen (secondary N) is 2. The van der Waals surface area contributed by atoms with Crippen molar-refractivity contribution in [1.82, 2.24) is 19.2 Å². The highest BCUT2D eigenvalue weighted by molar-refractivity contribution is 7.86. The van der Waals surface area contributed by atoms with Crippen molar-refractivity contribution in [1.29, 1.82) is 0 Å². The van der Waals surface area contributed by atoms with E-state index in [4.69, 9.17) is 14.2 Å². The molecule has 234 valence electrons. The van der Waals surface area contributed by atoms with Crippen molar-refractivity contribution < 1.29 is 37.0 Å². The Labute approximate surface area is 248 Å². The SMILES string of the molecule is CCOC(=O)C1(CC2CC2)CNC(=O)CCCN(S(=O)(=O)N2CCCC2)CCNC(=O)COc2cc(ccc2OC)C1. The van der Waals surface area contributed by atoms with E-state index in [0.717, 1.165) is 31.2 Å². The Kier molecular flexibility index (Phi) is 11.1. The fourth-order valence-corrected chi connectivity index (χ4v) is 7.37. The minimum absolute atomic E-state index is 0.0678. The predicted molar refractivity (Wildman–Crippen MR) is 155 cm³/mol. The van der Waals surface area contributed by atoms with Crippen LogP contribution < -0.4 is 20.1 Å². The first kappa shape index (κ1) is 32.0. The van der Waals surface area contributed by atoms with Crippen molar-refractivity contribution in [2.75, 3.05) is 59.6 Å². The van der Waals surface area contributed by atoms with Gasteiger partial charge in [0.25, 0.3) is 16.1 Å². The molecule has 2 fully saturated rings. The lowest BCUT2D eigenvalue weighted by Crippen LogP contribution is -2.47. The molecule has 1 aliphatic carbocycles. The van der Waals surface area contributed by atoms with Gasteiger partial charge in [0.15, 0.2) is 18.1 Å². The van der Waals surface area contributed by atoms with Crippen LogP contribution in [0.2, 0.25) is 0 Å². The first-order valence-corrected chi connectivity index (χ1v) is 16.3. The lowest BCUT2D eigenvalue weighted by molar-refractivity contribution is -0.156. The molecule has 2 bridgehead atoms. The lowest BCUT2D eigenvalue weighted by atomic mass is 9.76. The van der Waals surface area contributed by atoms with E-state index in [1.165, 1.54) is 15.7 Å². The Bertz CT molecular complexity index is 1220. The summed E-state index contributed by atoms with van der Waals surface area (Å²) in [5.41, 5.74) is -0.204. The molecule has 42 heavy (non-hydrogen) atoms. The molecule has 2 amide bonds. The third kappa shape index (κ3) is 8.35. The molecule has 1 saturated heterocycles. The number of hydrogen-bond acceptors (Lipinski definition) is 8. The lowest BCUT2D eigenvalue weighted by Gasteiger charge is -2.32. The largest absolute Gasteiger partial charge is 0.493 e. The zero-order chi connectivity index (χ0) is 30.2. The summed E-state index contributed by atoms with van der Waals surface area (Å²) >= 11 is 0. The number of carbonyl (C=O) groups excluding carboxylic acids is 3. The normalized spacial score (nSPS) is 24.0. The highest BCUT2D eigenvalue weighted by Gasteiger charge is 2.45. The van der Waals surface area contributed by atoms with Gasteiger partial charge in [0.1, 0.15) is 0 Å². The molecule has 2 N–H and O–H groups in total. The van der Waals surface area contributed by atoms with Crippen LogP contribution in [0.1, 0.15) is 57.4 Å². The number of amides is 2. The number of carbonyl (C=O) groups is 3. The van der Waals surface area contributed by atoms with E-state index in [2.05, 4.69) is 10.6 Å². The van der Waals surface area contributed by atoms with Crippen LogP contribution in [0.4, 0.5) is 0 Å². The number of ether oxygens (including phenoxy) is 3. The highest BCUT2D eigenvalue weighted by atomic mass is 32.2. The Morgan fingerprint density at radius 1 is 1.05 bits per heavy atom. The van der Waals surface area contributed by atoms with Crippen LogP contribution in [0.25, 0.3) is 0 Å². The van der Waals surface area contributed by atoms with Crippen molar-refractivity contribution in [3.05, 3.63) is 23.8 Å². The van der Waals surface area contributed by atoms with Crippen LogP contribution in [-0.2, 0) is 35.8 Å². The van der Waals surface area contributed by atoms with E-state index >= 15 is 0 Å². The third-order valence-electron chi connectivity index (χ3n) is 8.05. The van der Waals surface area contributed by atoms with E-state index < -0.39 is 21.5 Å². The number of methoxy groups -OCH3 is 1. The molecular formula is C29H44N4O8S. The summed E-state index contributed by atoms with van der Waals surface area (Å²) in [6, 6.07) is 5.33. The van der Waals surface area contributed by atoms with Crippen molar-refractivity contribution in [3.8, 4) is 11.5 Å². The number of nitrogens with zero attached hydrogens (tertiary/aromatic N) is 2. The number of hydrogen-bond donors (Lipinski definition) is 2. The van der Waals surface area contributed by atoms with Crippen molar-refractivity contribution in [2.45, 2.75) is 58.3 Å². The monoisotopic (exact) mass is 608 g/mol. The van der Waals surface area contributed by atoms with Gasteiger partial charge in [0.2, 0.25) is 5.91 Å². The van der Waals surface area contributed by atoms with Gasteiger partial charge in [-0.15, -0.1) is 0 Å². The number of rotatable bonds is 7. The highest BCUT2D eigenvalue weighted by Crippen LogP contribution is 2.43. The van der Waals surface area contributed by atoms with E-state index in [0.29, 0.717) is 49.8 Å². The summed E-state index contributed by atoms with van der Waals surface area (Å²) < 4.78 is 46.2. The molecular weight excluding hydrogens is 564 g/mol. The molecule has 1 aromatic rings. The van der Waals surface area contributed by atoms with Gasteiger partial charge in [-0.2, -0.15) is 17.0 Å². The van der Waals surface area contributed by atoms with Gasteiger partial charge in [0, 0.05) is 45.7 Å². The Hall–Kier alpha value is -2.90. The van der Waals surface area contributed by atoms with Crippen LogP contribution >= 0.6 is 0 Å². The quantitative estimate of drug-likeness (QED) is 0.445. The van der Waals surface area contributed by atoms with Crippen LogP contribution in [-0.4, -0.2) is 94.4 Å². The Morgan fingerprint density at radius 3 is 2.45 bits per heavy atom. The van der Waals surface area contributed by atoms with Gasteiger partial charge in [-0.05, 0) is 62.6 Å². The molecule has 2 heterocycles. The molecule has 13 heteroatoms. The summed E-state index contributed by atoms with van der Waals surface area (Å²) in [4.78, 5) is 39.2. The van der Waals surface area contributed by atoms with Gasteiger partial charge in [0.05, 0.1) is 19.1 Å². The molecule has 1 atom stereocenters. The zero-order valence-electron chi connectivity index (χ0n) is 24.7. The molecule has 2 aliphatic heterocycles. The van der Waals surface area contributed by atoms with Crippen LogP contribution in [0.3, 0.4) is 0 Å². The van der Waals surface area contributed by atoms with E-state index in [1.54, 1.807) is 19.1 Å². The maximum atomic E-state index is 13.5. The van der Waals surface area contributed by atoms with Gasteiger partial charge in [-0.3, -0.25) is 14.4 Å². The molecule has 1 aromatic carbocycles. The van der Waals surface area contributed by atoms with Crippen molar-refractivity contribution in [2.24, 2.45) is 11.3 Å². The summed E-state index contributed by atoms with van der Waals surface area (Å²) in [7, 11) is -2.24. The van der Waals surface area contributed by atoms with Crippen LogP contribution in [0.15, 0.2) is 18.2 Å². The maximum Gasteiger partial charge on any atom is 0.314 e. The first-order chi connectivity index (χ1) is 20.2. The van der Waals surface area contributed by atoms with E-state index in [1.807, 2.05) is 6.07 Å². The average molecular weight is 609 g/mol. The van der Waals surface area contributed by atoms with Crippen molar-refractivity contribution in [3.63, 3.8) is 0 Å². The summed E-state index contributed by atoms with van der Waals surface area (Å²) in [5.74, 6) is 0.111. The summed E-state index contributed by atoms with van der Waals surface area (Å²) in [6.07, 6.45) is 4.91. The average Bonchev–Trinajstić information content (AvgIpc) is 3.59. The summed E-state index contributed by atoms with van der Waals surface area (Å²) in [5, 5.41) is 5.70. The molecule has 0 radical (unpaired) electrons. The molecule has 3 aliphatic rings. The standard InChI is InChI=1S/C29H44N4O8S/c1-3-40-28(36)29(18-22-8-9-22)19-23-10-11-24(39-2)25(17-23)41-20-27(35)30-12-16-33(15-6-7-26(34)31-21-29)42(37,38)32-13-4-5-14-32/h10-11,17,22H,3-9,12-16,18-21H2,1-2H3,(H,30,35)(H,31,34). The smallest absolute Gasteiger partial charge is 0.314 e. The number of benzene rings is 1. The number of fused-ring (bicyclic) bond motifs is 2. The molecule has 4 rings (SSSR count). The second-order valence-electron chi connectivity index (χ2n) is 11.3. The van der Waals surface area contributed by atoms with Crippen LogP contribution in [0, 0.1) is 11.3 Å². The zero-order valence-corrected chi connectivity index (χ0v) is 25.5. The molecule has 1 saturated carbocycles. The topological polar surface area (TPSA) is 144 Å². The Morgan fingerprint density at radius 2 is 1.76 bits per heavy atom. The minimum Gasteiger partial charge on any atom is -0.493 e. The van der Waals surface area contributed by atoms with Gasteiger partial charge in [-0.25, -0.2) is 0 Å². The maximum absolute atomic E-state index is 13.5. The van der Waals surface area contributed by atoms with Crippen molar-refractivity contribution >= 4 is 28.0 Å². The van der Waals surface area contributed by atoms with E-state index in [-0.39, 0.29) is 57.7 Å². The Balaban J connectivity index is 1.61. The second kappa shape index (κ2) is 14.5.